The van der Waals surface area contributed by atoms with E-state index in [0.717, 1.165) is 0 Å². The highest BCUT2D eigenvalue weighted by molar-refractivity contribution is 6.32. The van der Waals surface area contributed by atoms with Gasteiger partial charge in [0.05, 0.1) is 37.6 Å². The average molecular weight is 276 g/mol. The van der Waals surface area contributed by atoms with E-state index in [2.05, 4.69) is 5.32 Å². The van der Waals surface area contributed by atoms with E-state index < -0.39 is 6.10 Å². The fourth-order valence-electron chi connectivity index (χ4n) is 1.48. The van der Waals surface area contributed by atoms with Gasteiger partial charge in [-0.3, -0.25) is 0 Å². The molecule has 6 heteroatoms. The zero-order valence-corrected chi connectivity index (χ0v) is 11.5. The standard InChI is InChI=1S/C12H18ClNO4/c1-16-7-8(15)6-14-10-4-9(13)11(17-2)5-12(10)18-3/h4-5,8,14-15H,6-7H2,1-3H3. The Balaban J connectivity index is 2.78. The Morgan fingerprint density at radius 3 is 2.44 bits per heavy atom. The van der Waals surface area contributed by atoms with Crippen LogP contribution in [0.5, 0.6) is 11.5 Å². The van der Waals surface area contributed by atoms with Crippen LogP contribution in [0.15, 0.2) is 12.1 Å². The molecule has 0 heterocycles. The molecule has 0 saturated carbocycles. The summed E-state index contributed by atoms with van der Waals surface area (Å²) in [5.74, 6) is 1.14. The van der Waals surface area contributed by atoms with Gasteiger partial charge in [0, 0.05) is 19.7 Å². The van der Waals surface area contributed by atoms with Crippen LogP contribution in [0.4, 0.5) is 5.69 Å². The maximum atomic E-state index is 9.56. The van der Waals surface area contributed by atoms with Gasteiger partial charge in [0.15, 0.2) is 0 Å². The SMILES string of the molecule is COCC(O)CNc1cc(Cl)c(OC)cc1OC. The Morgan fingerprint density at radius 2 is 1.89 bits per heavy atom. The minimum absolute atomic E-state index is 0.263. The number of hydrogen-bond acceptors (Lipinski definition) is 5. The number of benzene rings is 1. The van der Waals surface area contributed by atoms with E-state index in [9.17, 15) is 5.11 Å². The molecule has 0 bridgehead atoms. The molecule has 0 fully saturated rings. The lowest BCUT2D eigenvalue weighted by atomic mass is 10.2. The smallest absolute Gasteiger partial charge is 0.145 e. The van der Waals surface area contributed by atoms with Gasteiger partial charge in [0.25, 0.3) is 0 Å². The van der Waals surface area contributed by atoms with Gasteiger partial charge in [-0.15, -0.1) is 0 Å². The topological polar surface area (TPSA) is 60.0 Å². The molecule has 0 aliphatic heterocycles. The van der Waals surface area contributed by atoms with Crippen molar-refractivity contribution < 1.29 is 19.3 Å². The summed E-state index contributed by atoms with van der Waals surface area (Å²) in [6.07, 6.45) is -0.597. The number of ether oxygens (including phenoxy) is 3. The van der Waals surface area contributed by atoms with Crippen LogP contribution in [0, 0.1) is 0 Å². The van der Waals surface area contributed by atoms with Crippen molar-refractivity contribution in [2.75, 3.05) is 39.8 Å². The highest BCUT2D eigenvalue weighted by atomic mass is 35.5. The third-order valence-electron chi connectivity index (χ3n) is 2.36. The molecule has 0 radical (unpaired) electrons. The average Bonchev–Trinajstić information content (AvgIpc) is 2.36. The van der Waals surface area contributed by atoms with Crippen LogP contribution in [0.2, 0.25) is 5.02 Å². The van der Waals surface area contributed by atoms with E-state index >= 15 is 0 Å². The molecule has 2 N–H and O–H groups in total. The van der Waals surface area contributed by atoms with E-state index in [-0.39, 0.29) is 6.61 Å². The molecule has 18 heavy (non-hydrogen) atoms. The molecule has 0 amide bonds. The van der Waals surface area contributed by atoms with Gasteiger partial charge in [-0.25, -0.2) is 0 Å². The first-order chi connectivity index (χ1) is 8.62. The van der Waals surface area contributed by atoms with Crippen LogP contribution < -0.4 is 14.8 Å². The van der Waals surface area contributed by atoms with Crippen LogP contribution in [0.1, 0.15) is 0 Å². The van der Waals surface area contributed by atoms with E-state index in [1.54, 1.807) is 19.2 Å². The molecule has 102 valence electrons. The first-order valence-electron chi connectivity index (χ1n) is 5.44. The summed E-state index contributed by atoms with van der Waals surface area (Å²) in [6.45, 7) is 0.603. The number of anilines is 1. The van der Waals surface area contributed by atoms with Gasteiger partial charge in [0.1, 0.15) is 11.5 Å². The minimum Gasteiger partial charge on any atom is -0.495 e. The molecule has 0 spiro atoms. The number of methoxy groups -OCH3 is 3. The van der Waals surface area contributed by atoms with Gasteiger partial charge in [-0.2, -0.15) is 0 Å². The minimum atomic E-state index is -0.597. The molecule has 0 saturated heterocycles. The van der Waals surface area contributed by atoms with E-state index in [1.807, 2.05) is 0 Å². The van der Waals surface area contributed by atoms with Crippen molar-refractivity contribution in [2.45, 2.75) is 6.10 Å². The lowest BCUT2D eigenvalue weighted by Gasteiger charge is -2.16. The summed E-state index contributed by atoms with van der Waals surface area (Å²) < 4.78 is 15.2. The van der Waals surface area contributed by atoms with Crippen LogP contribution in [-0.2, 0) is 4.74 Å². The maximum Gasteiger partial charge on any atom is 0.145 e. The molecule has 1 rings (SSSR count). The number of nitrogens with one attached hydrogen (secondary N) is 1. The quantitative estimate of drug-likeness (QED) is 0.794. The maximum absolute atomic E-state index is 9.56. The third kappa shape index (κ3) is 3.94. The molecule has 1 atom stereocenters. The van der Waals surface area contributed by atoms with Crippen molar-refractivity contribution in [3.8, 4) is 11.5 Å². The molecule has 0 aliphatic rings. The fraction of sp³-hybridized carbons (Fsp3) is 0.500. The summed E-state index contributed by atoms with van der Waals surface area (Å²) in [6, 6.07) is 3.38. The molecule has 1 aromatic rings. The van der Waals surface area contributed by atoms with Gasteiger partial charge in [-0.05, 0) is 6.07 Å². The Morgan fingerprint density at radius 1 is 1.22 bits per heavy atom. The van der Waals surface area contributed by atoms with E-state index in [1.165, 1.54) is 14.2 Å². The van der Waals surface area contributed by atoms with Crippen molar-refractivity contribution in [3.63, 3.8) is 0 Å². The molecule has 0 aliphatic carbocycles. The molecular weight excluding hydrogens is 258 g/mol. The molecule has 1 aromatic carbocycles. The Hall–Kier alpha value is -1.17. The highest BCUT2D eigenvalue weighted by Crippen LogP contribution is 2.35. The van der Waals surface area contributed by atoms with Crippen LogP contribution in [0.25, 0.3) is 0 Å². The van der Waals surface area contributed by atoms with E-state index in [4.69, 9.17) is 25.8 Å². The number of halogens is 1. The van der Waals surface area contributed by atoms with Gasteiger partial charge in [0.2, 0.25) is 0 Å². The second-order valence-electron chi connectivity index (χ2n) is 3.68. The summed E-state index contributed by atoms with van der Waals surface area (Å²) in [5, 5.41) is 13.1. The first kappa shape index (κ1) is 14.9. The number of aliphatic hydroxyl groups excluding tert-OH is 1. The van der Waals surface area contributed by atoms with Crippen molar-refractivity contribution in [1.82, 2.24) is 0 Å². The summed E-state index contributed by atoms with van der Waals surface area (Å²) in [5.41, 5.74) is 0.693. The van der Waals surface area contributed by atoms with Gasteiger partial charge < -0.3 is 24.6 Å². The Kier molecular flexibility index (Phi) is 6.04. The third-order valence-corrected chi connectivity index (χ3v) is 2.66. The van der Waals surface area contributed by atoms with Crippen LogP contribution >= 0.6 is 11.6 Å². The second kappa shape index (κ2) is 7.31. The Bertz CT molecular complexity index is 387. The van der Waals surface area contributed by atoms with E-state index in [0.29, 0.717) is 28.8 Å². The lowest BCUT2D eigenvalue weighted by Crippen LogP contribution is -2.24. The monoisotopic (exact) mass is 275 g/mol. The van der Waals surface area contributed by atoms with Crippen molar-refractivity contribution in [3.05, 3.63) is 17.2 Å². The summed E-state index contributed by atoms with van der Waals surface area (Å²) in [4.78, 5) is 0. The molecule has 5 nitrogen and oxygen atoms in total. The molecular formula is C12H18ClNO4. The van der Waals surface area contributed by atoms with Crippen LogP contribution in [0.3, 0.4) is 0 Å². The zero-order chi connectivity index (χ0) is 13.5. The van der Waals surface area contributed by atoms with Crippen molar-refractivity contribution in [2.24, 2.45) is 0 Å². The van der Waals surface area contributed by atoms with Gasteiger partial charge in [-0.1, -0.05) is 11.6 Å². The number of rotatable bonds is 7. The van der Waals surface area contributed by atoms with Crippen molar-refractivity contribution in [1.29, 1.82) is 0 Å². The highest BCUT2D eigenvalue weighted by Gasteiger charge is 2.11. The predicted octanol–water partition coefficient (Wildman–Crippen LogP) is 1.78. The van der Waals surface area contributed by atoms with Crippen LogP contribution in [-0.4, -0.2) is 45.7 Å². The summed E-state index contributed by atoms with van der Waals surface area (Å²) >= 11 is 6.03. The largest absolute Gasteiger partial charge is 0.495 e. The number of hydrogen-bond donors (Lipinski definition) is 2. The fourth-order valence-corrected chi connectivity index (χ4v) is 1.72. The zero-order valence-electron chi connectivity index (χ0n) is 10.7. The predicted molar refractivity (Wildman–Crippen MR) is 70.9 cm³/mol. The Labute approximate surface area is 112 Å². The first-order valence-corrected chi connectivity index (χ1v) is 5.82. The van der Waals surface area contributed by atoms with Crippen molar-refractivity contribution >= 4 is 17.3 Å². The second-order valence-corrected chi connectivity index (χ2v) is 4.08. The summed E-state index contributed by atoms with van der Waals surface area (Å²) in [7, 11) is 4.63. The normalized spacial score (nSPS) is 12.1. The molecule has 0 aromatic heterocycles. The molecule has 1 unspecified atom stereocenters. The van der Waals surface area contributed by atoms with Gasteiger partial charge >= 0.3 is 0 Å². The number of aliphatic hydroxyl groups is 1. The lowest BCUT2D eigenvalue weighted by molar-refractivity contribution is 0.0727.